The number of tetrazole rings is 1. The maximum atomic E-state index is 13.1. The van der Waals surface area contributed by atoms with Gasteiger partial charge < -0.3 is 13.9 Å². The van der Waals surface area contributed by atoms with E-state index in [1.165, 1.54) is 48.4 Å². The summed E-state index contributed by atoms with van der Waals surface area (Å²) in [7, 11) is 1.29. The largest absolute Gasteiger partial charge is 0.465 e. The summed E-state index contributed by atoms with van der Waals surface area (Å²) in [5.41, 5.74) is 1.09. The number of benzene rings is 2. The number of rotatable bonds is 6. The van der Waals surface area contributed by atoms with Crippen molar-refractivity contribution in [3.8, 4) is 17.1 Å². The molecule has 0 atom stereocenters. The van der Waals surface area contributed by atoms with Gasteiger partial charge in [-0.2, -0.15) is 4.68 Å². The molecule has 31 heavy (non-hydrogen) atoms. The highest BCUT2D eigenvalue weighted by Gasteiger charge is 2.22. The van der Waals surface area contributed by atoms with Crippen LogP contribution in [0, 0.1) is 0 Å². The first-order valence-electron chi connectivity index (χ1n) is 9.15. The predicted molar refractivity (Wildman–Crippen MR) is 110 cm³/mol. The van der Waals surface area contributed by atoms with Crippen molar-refractivity contribution in [3.63, 3.8) is 0 Å². The zero-order valence-corrected chi connectivity index (χ0v) is 16.3. The second-order valence-electron chi connectivity index (χ2n) is 6.23. The molecule has 2 aromatic carbocycles. The van der Waals surface area contributed by atoms with E-state index < -0.39 is 11.9 Å². The molecule has 0 unspecified atom stereocenters. The van der Waals surface area contributed by atoms with Crippen LogP contribution in [0.3, 0.4) is 0 Å². The van der Waals surface area contributed by atoms with Crippen LogP contribution in [-0.4, -0.2) is 39.3 Å². The minimum absolute atomic E-state index is 0.0378. The van der Waals surface area contributed by atoms with E-state index in [1.807, 2.05) is 30.3 Å². The lowest BCUT2D eigenvalue weighted by atomic mass is 10.2. The Balaban J connectivity index is 1.68. The van der Waals surface area contributed by atoms with Gasteiger partial charge in [-0.3, -0.25) is 0 Å². The molecule has 9 nitrogen and oxygen atoms in total. The van der Waals surface area contributed by atoms with Gasteiger partial charge in [0.15, 0.2) is 11.5 Å². The molecule has 0 radical (unpaired) electrons. The van der Waals surface area contributed by atoms with E-state index in [4.69, 9.17) is 9.15 Å². The minimum atomic E-state index is -0.716. The molecule has 0 amide bonds. The summed E-state index contributed by atoms with van der Waals surface area (Å²) in [6.07, 6.45) is 2.96. The number of esters is 2. The second kappa shape index (κ2) is 8.87. The van der Waals surface area contributed by atoms with Gasteiger partial charge in [0, 0.05) is 11.6 Å². The Morgan fingerprint density at radius 1 is 1.00 bits per heavy atom. The van der Waals surface area contributed by atoms with Gasteiger partial charge in [-0.1, -0.05) is 30.3 Å². The summed E-state index contributed by atoms with van der Waals surface area (Å²) >= 11 is 0. The van der Waals surface area contributed by atoms with Crippen molar-refractivity contribution in [2.45, 2.75) is 0 Å². The van der Waals surface area contributed by atoms with Crippen LogP contribution < -0.4 is 4.74 Å². The van der Waals surface area contributed by atoms with Crippen LogP contribution in [0.2, 0.25) is 0 Å². The Bertz CT molecular complexity index is 1210. The molecule has 154 valence electrons. The van der Waals surface area contributed by atoms with Crippen molar-refractivity contribution < 1.29 is 23.5 Å². The summed E-state index contributed by atoms with van der Waals surface area (Å²) in [6, 6.07) is 18.5. The lowest BCUT2D eigenvalue weighted by Gasteiger charge is -2.10. The average Bonchev–Trinajstić information content (AvgIpc) is 3.50. The van der Waals surface area contributed by atoms with Crippen LogP contribution in [0.5, 0.6) is 5.75 Å². The van der Waals surface area contributed by atoms with Crippen LogP contribution in [-0.2, 0) is 9.53 Å². The molecule has 9 heteroatoms. The normalized spacial score (nSPS) is 11.2. The number of hydrogen-bond donors (Lipinski definition) is 0. The molecule has 0 bridgehead atoms. The zero-order valence-electron chi connectivity index (χ0n) is 16.3. The highest BCUT2D eigenvalue weighted by Crippen LogP contribution is 2.22. The topological polar surface area (TPSA) is 109 Å². The number of ether oxygens (including phenoxy) is 2. The Labute approximate surface area is 176 Å². The molecule has 0 aliphatic rings. The number of hydrogen-bond acceptors (Lipinski definition) is 8. The molecule has 2 aromatic heterocycles. The lowest BCUT2D eigenvalue weighted by molar-refractivity contribution is -0.128. The van der Waals surface area contributed by atoms with Gasteiger partial charge in [-0.25, -0.2) is 9.59 Å². The van der Waals surface area contributed by atoms with Crippen molar-refractivity contribution >= 4 is 23.7 Å². The van der Waals surface area contributed by atoms with E-state index in [2.05, 4.69) is 20.3 Å². The van der Waals surface area contributed by atoms with Crippen molar-refractivity contribution in [1.29, 1.82) is 0 Å². The van der Waals surface area contributed by atoms with Gasteiger partial charge in [0.25, 0.3) is 0 Å². The maximum absolute atomic E-state index is 13.1. The molecule has 0 saturated heterocycles. The summed E-state index contributed by atoms with van der Waals surface area (Å²) in [6.45, 7) is 0. The van der Waals surface area contributed by atoms with E-state index in [-0.39, 0.29) is 11.4 Å². The quantitative estimate of drug-likeness (QED) is 0.267. The van der Waals surface area contributed by atoms with E-state index >= 15 is 0 Å². The number of aromatic nitrogens is 4. The molecule has 4 rings (SSSR count). The fraction of sp³-hybridized carbons (Fsp3) is 0.0455. The predicted octanol–water partition coefficient (Wildman–Crippen LogP) is 3.32. The van der Waals surface area contributed by atoms with E-state index in [0.29, 0.717) is 22.7 Å². The highest BCUT2D eigenvalue weighted by atomic mass is 16.5. The maximum Gasteiger partial charge on any atom is 0.362 e. The molecule has 4 aromatic rings. The van der Waals surface area contributed by atoms with Crippen molar-refractivity contribution in [2.75, 3.05) is 7.11 Å². The molecule has 0 N–H and O–H groups in total. The van der Waals surface area contributed by atoms with Crippen molar-refractivity contribution in [1.82, 2.24) is 20.2 Å². The molecular formula is C22H16N4O5. The zero-order chi connectivity index (χ0) is 21.6. The van der Waals surface area contributed by atoms with E-state index in [1.54, 1.807) is 12.1 Å². The number of nitrogens with zero attached hydrogens (tertiary/aromatic N) is 4. The molecule has 0 spiro atoms. The fourth-order valence-corrected chi connectivity index (χ4v) is 2.77. The van der Waals surface area contributed by atoms with Crippen LogP contribution in [0.15, 0.2) is 77.4 Å². The second-order valence-corrected chi connectivity index (χ2v) is 6.23. The van der Waals surface area contributed by atoms with Gasteiger partial charge in [0.2, 0.25) is 0 Å². The lowest BCUT2D eigenvalue weighted by Crippen LogP contribution is -2.17. The number of methoxy groups -OCH3 is 1. The molecule has 2 heterocycles. The third-order valence-electron chi connectivity index (χ3n) is 4.25. The highest BCUT2D eigenvalue weighted by molar-refractivity contribution is 6.16. The molecule has 0 saturated carbocycles. The van der Waals surface area contributed by atoms with Crippen LogP contribution in [0.4, 0.5) is 0 Å². The van der Waals surface area contributed by atoms with Gasteiger partial charge >= 0.3 is 11.9 Å². The Morgan fingerprint density at radius 3 is 2.45 bits per heavy atom. The van der Waals surface area contributed by atoms with E-state index in [0.717, 1.165) is 0 Å². The number of furan rings is 1. The SMILES string of the molecule is COC(=O)c1ccc(OC(=O)/C(=C/c2ccco2)n2nnnc2-c2ccccc2)cc1. The number of carbonyl (C=O) groups is 2. The minimum Gasteiger partial charge on any atom is -0.465 e. The van der Waals surface area contributed by atoms with Gasteiger partial charge in [-0.15, -0.1) is 5.10 Å². The first-order valence-corrected chi connectivity index (χ1v) is 9.15. The van der Waals surface area contributed by atoms with Crippen molar-refractivity contribution in [2.24, 2.45) is 0 Å². The first-order chi connectivity index (χ1) is 15.2. The summed E-state index contributed by atoms with van der Waals surface area (Å²) in [5.74, 6) is -0.194. The Hall–Kier alpha value is -4.53. The van der Waals surface area contributed by atoms with Crippen LogP contribution >= 0.6 is 0 Å². The summed E-state index contributed by atoms with van der Waals surface area (Å²) in [4.78, 5) is 24.6. The van der Waals surface area contributed by atoms with Crippen LogP contribution in [0.25, 0.3) is 23.2 Å². The number of carbonyl (C=O) groups excluding carboxylic acids is 2. The monoisotopic (exact) mass is 416 g/mol. The molecule has 0 fully saturated rings. The van der Waals surface area contributed by atoms with Gasteiger partial charge in [0.1, 0.15) is 11.5 Å². The van der Waals surface area contributed by atoms with Crippen LogP contribution in [0.1, 0.15) is 16.1 Å². The molecule has 0 aliphatic heterocycles. The van der Waals surface area contributed by atoms with E-state index in [9.17, 15) is 9.59 Å². The Morgan fingerprint density at radius 2 is 1.77 bits per heavy atom. The van der Waals surface area contributed by atoms with Gasteiger partial charge in [0.05, 0.1) is 18.9 Å². The Kier molecular flexibility index (Phi) is 5.66. The van der Waals surface area contributed by atoms with Crippen molar-refractivity contribution in [3.05, 3.63) is 84.3 Å². The first kappa shape index (κ1) is 19.8. The third kappa shape index (κ3) is 4.40. The standard InChI is InChI=1S/C22H16N4O5/c1-29-21(27)16-9-11-17(12-10-16)31-22(28)19(14-18-8-5-13-30-18)26-20(23-24-25-26)15-6-3-2-4-7-15/h2-14H,1H3/b19-14-. The summed E-state index contributed by atoms with van der Waals surface area (Å²) in [5, 5.41) is 11.7. The average molecular weight is 416 g/mol. The third-order valence-corrected chi connectivity index (χ3v) is 4.25. The fourth-order valence-electron chi connectivity index (χ4n) is 2.77. The summed E-state index contributed by atoms with van der Waals surface area (Å²) < 4.78 is 16.8. The smallest absolute Gasteiger partial charge is 0.362 e. The molecule has 0 aliphatic carbocycles. The molecular weight excluding hydrogens is 400 g/mol. The van der Waals surface area contributed by atoms with Gasteiger partial charge in [-0.05, 0) is 46.8 Å².